The monoisotopic (exact) mass is 357 g/mol. The minimum Gasteiger partial charge on any atom is -0.453 e. The highest BCUT2D eigenvalue weighted by atomic mass is 35.5. The fourth-order valence-electron chi connectivity index (χ4n) is 2.43. The zero-order valence-electron chi connectivity index (χ0n) is 12.1. The summed E-state index contributed by atoms with van der Waals surface area (Å²) in [4.78, 5) is 15.2. The molecule has 0 N–H and O–H groups in total. The maximum atomic E-state index is 10.7. The van der Waals surface area contributed by atoms with Crippen LogP contribution in [0.1, 0.15) is 10.6 Å². The number of aldehydes is 1. The van der Waals surface area contributed by atoms with Gasteiger partial charge in [0.25, 0.3) is 0 Å². The Morgan fingerprint density at radius 1 is 0.958 bits per heavy atom. The molecule has 4 aromatic rings. The lowest BCUT2D eigenvalue weighted by Gasteiger charge is -1.98. The summed E-state index contributed by atoms with van der Waals surface area (Å²) in [5, 5.41) is 1.02. The third-order valence-corrected chi connectivity index (χ3v) is 4.12. The predicted octanol–water partition coefficient (Wildman–Crippen LogP) is 5.87. The summed E-state index contributed by atoms with van der Waals surface area (Å²) in [5.41, 5.74) is 2.76. The van der Waals surface area contributed by atoms with Gasteiger partial charge in [0.2, 0.25) is 5.89 Å². The number of fused-ring (bicyclic) bond motifs is 1. The number of hydrogen-bond acceptors (Lipinski definition) is 4. The molecule has 4 rings (SSSR count). The van der Waals surface area contributed by atoms with Crippen molar-refractivity contribution in [3.05, 3.63) is 64.3 Å². The van der Waals surface area contributed by atoms with E-state index in [-0.39, 0.29) is 5.76 Å². The van der Waals surface area contributed by atoms with E-state index in [2.05, 4.69) is 4.98 Å². The van der Waals surface area contributed by atoms with E-state index in [0.29, 0.717) is 44.6 Å². The van der Waals surface area contributed by atoms with Crippen molar-refractivity contribution in [2.24, 2.45) is 0 Å². The van der Waals surface area contributed by atoms with Gasteiger partial charge in [0, 0.05) is 10.6 Å². The molecule has 0 unspecified atom stereocenters. The molecule has 0 bridgehead atoms. The van der Waals surface area contributed by atoms with E-state index in [1.165, 1.54) is 0 Å². The molecular weight excluding hydrogens is 349 g/mol. The molecule has 2 aromatic carbocycles. The molecule has 6 heteroatoms. The average molecular weight is 358 g/mol. The van der Waals surface area contributed by atoms with Crippen molar-refractivity contribution < 1.29 is 13.6 Å². The molecule has 4 nitrogen and oxygen atoms in total. The highest BCUT2D eigenvalue weighted by molar-refractivity contribution is 6.36. The normalized spacial score (nSPS) is 11.1. The highest BCUT2D eigenvalue weighted by Gasteiger charge is 2.13. The lowest BCUT2D eigenvalue weighted by Crippen LogP contribution is -1.79. The van der Waals surface area contributed by atoms with Crippen molar-refractivity contribution in [1.82, 2.24) is 4.98 Å². The summed E-state index contributed by atoms with van der Waals surface area (Å²) in [6.07, 6.45) is 0.665. The smallest absolute Gasteiger partial charge is 0.228 e. The van der Waals surface area contributed by atoms with Gasteiger partial charge in [-0.1, -0.05) is 23.2 Å². The number of furan rings is 1. The van der Waals surface area contributed by atoms with Crippen LogP contribution in [-0.4, -0.2) is 11.3 Å². The van der Waals surface area contributed by atoms with E-state index in [1.54, 1.807) is 36.4 Å². The summed E-state index contributed by atoms with van der Waals surface area (Å²) >= 11 is 12.1. The van der Waals surface area contributed by atoms with Gasteiger partial charge in [0.15, 0.2) is 17.6 Å². The van der Waals surface area contributed by atoms with E-state index < -0.39 is 0 Å². The maximum Gasteiger partial charge on any atom is 0.228 e. The third-order valence-electron chi connectivity index (χ3n) is 3.58. The Morgan fingerprint density at radius 3 is 2.58 bits per heavy atom. The van der Waals surface area contributed by atoms with Gasteiger partial charge in [-0.05, 0) is 48.5 Å². The van der Waals surface area contributed by atoms with Gasteiger partial charge < -0.3 is 8.83 Å². The third kappa shape index (κ3) is 2.60. The van der Waals surface area contributed by atoms with E-state index in [1.807, 2.05) is 12.1 Å². The van der Waals surface area contributed by atoms with Gasteiger partial charge in [-0.15, -0.1) is 0 Å². The second kappa shape index (κ2) is 5.82. The minimum atomic E-state index is 0.277. The quantitative estimate of drug-likeness (QED) is 0.430. The zero-order chi connectivity index (χ0) is 16.7. The Labute approximate surface area is 146 Å². The molecule has 2 heterocycles. The Hall–Kier alpha value is -2.56. The fourth-order valence-corrected chi connectivity index (χ4v) is 2.92. The van der Waals surface area contributed by atoms with Gasteiger partial charge in [0.1, 0.15) is 11.3 Å². The van der Waals surface area contributed by atoms with E-state index in [0.717, 1.165) is 5.56 Å². The molecule has 0 radical (unpaired) electrons. The van der Waals surface area contributed by atoms with Crippen LogP contribution < -0.4 is 0 Å². The number of carbonyl (C=O) groups excluding carboxylic acids is 1. The number of nitrogens with zero attached hydrogens (tertiary/aromatic N) is 1. The van der Waals surface area contributed by atoms with Crippen molar-refractivity contribution in [1.29, 1.82) is 0 Å². The summed E-state index contributed by atoms with van der Waals surface area (Å²) in [7, 11) is 0. The first-order valence-electron chi connectivity index (χ1n) is 7.05. The van der Waals surface area contributed by atoms with Crippen LogP contribution in [0.4, 0.5) is 0 Å². The van der Waals surface area contributed by atoms with Crippen molar-refractivity contribution in [2.75, 3.05) is 0 Å². The second-order valence-corrected chi connectivity index (χ2v) is 5.99. The van der Waals surface area contributed by atoms with Crippen LogP contribution in [-0.2, 0) is 0 Å². The number of aromatic nitrogens is 1. The first-order valence-corrected chi connectivity index (χ1v) is 7.81. The maximum absolute atomic E-state index is 10.7. The summed E-state index contributed by atoms with van der Waals surface area (Å²) in [6.45, 7) is 0. The van der Waals surface area contributed by atoms with Gasteiger partial charge in [0.05, 0.1) is 10.6 Å². The van der Waals surface area contributed by atoms with Crippen LogP contribution in [0.5, 0.6) is 0 Å². The molecule has 118 valence electrons. The van der Waals surface area contributed by atoms with Gasteiger partial charge in [-0.3, -0.25) is 4.79 Å². The molecule has 2 aromatic heterocycles. The van der Waals surface area contributed by atoms with Crippen LogP contribution in [0, 0.1) is 0 Å². The van der Waals surface area contributed by atoms with Crippen LogP contribution in [0.15, 0.2) is 57.4 Å². The van der Waals surface area contributed by atoms with Crippen LogP contribution in [0.25, 0.3) is 33.9 Å². The van der Waals surface area contributed by atoms with Crippen molar-refractivity contribution >= 4 is 40.6 Å². The van der Waals surface area contributed by atoms with Crippen LogP contribution in [0.3, 0.4) is 0 Å². The molecule has 0 aliphatic heterocycles. The molecule has 0 amide bonds. The highest BCUT2D eigenvalue weighted by Crippen LogP contribution is 2.33. The molecule has 24 heavy (non-hydrogen) atoms. The molecule has 0 atom stereocenters. The Balaban J connectivity index is 1.79. The number of benzene rings is 2. The molecule has 0 spiro atoms. The summed E-state index contributed by atoms with van der Waals surface area (Å²) < 4.78 is 11.2. The average Bonchev–Trinajstić information content (AvgIpc) is 3.20. The van der Waals surface area contributed by atoms with Crippen molar-refractivity contribution in [2.45, 2.75) is 0 Å². The molecule has 0 saturated heterocycles. The predicted molar refractivity (Wildman–Crippen MR) is 92.6 cm³/mol. The Bertz CT molecular complexity index is 1070. The lowest BCUT2D eigenvalue weighted by atomic mass is 10.1. The first-order chi connectivity index (χ1) is 11.6. The number of carbonyl (C=O) groups is 1. The molecule has 0 fully saturated rings. The zero-order valence-corrected chi connectivity index (χ0v) is 13.6. The molecule has 0 aliphatic carbocycles. The lowest BCUT2D eigenvalue weighted by molar-refractivity contribution is 0.110. The summed E-state index contributed by atoms with van der Waals surface area (Å²) in [5.74, 6) is 1.28. The van der Waals surface area contributed by atoms with Gasteiger partial charge in [-0.25, -0.2) is 4.98 Å². The molecule has 0 aliphatic rings. The Kier molecular flexibility index (Phi) is 3.63. The Morgan fingerprint density at radius 2 is 1.83 bits per heavy atom. The molecule has 0 saturated carbocycles. The fraction of sp³-hybridized carbons (Fsp3) is 0. The number of halogens is 2. The van der Waals surface area contributed by atoms with E-state index in [4.69, 9.17) is 32.0 Å². The van der Waals surface area contributed by atoms with Crippen molar-refractivity contribution in [3.8, 4) is 22.8 Å². The topological polar surface area (TPSA) is 56.2 Å². The number of oxazole rings is 1. The van der Waals surface area contributed by atoms with E-state index >= 15 is 0 Å². The summed E-state index contributed by atoms with van der Waals surface area (Å²) in [6, 6.07) is 14.0. The SMILES string of the molecule is O=Cc1ccc(-c2ccc3oc(-c4ccc(Cl)cc4Cl)nc3c2)o1. The van der Waals surface area contributed by atoms with Crippen LogP contribution >= 0.6 is 23.2 Å². The van der Waals surface area contributed by atoms with Crippen molar-refractivity contribution in [3.63, 3.8) is 0 Å². The number of rotatable bonds is 3. The van der Waals surface area contributed by atoms with E-state index in [9.17, 15) is 4.79 Å². The molecular formula is C18H9Cl2NO3. The largest absolute Gasteiger partial charge is 0.453 e. The van der Waals surface area contributed by atoms with Gasteiger partial charge >= 0.3 is 0 Å². The first kappa shape index (κ1) is 15.0. The van der Waals surface area contributed by atoms with Crippen LogP contribution in [0.2, 0.25) is 10.0 Å². The standard InChI is InChI=1S/C18H9Cl2NO3/c19-11-2-4-13(14(20)8-11)18-21-15-7-10(1-5-17(15)24-18)16-6-3-12(9-22)23-16/h1-9H. The van der Waals surface area contributed by atoms with Gasteiger partial charge in [-0.2, -0.15) is 0 Å². The second-order valence-electron chi connectivity index (χ2n) is 5.15. The number of hydrogen-bond donors (Lipinski definition) is 0. The minimum absolute atomic E-state index is 0.277.